The van der Waals surface area contributed by atoms with Crippen molar-refractivity contribution < 1.29 is 13.2 Å². The van der Waals surface area contributed by atoms with E-state index in [1.165, 1.54) is 0 Å². The van der Waals surface area contributed by atoms with E-state index in [0.717, 1.165) is 23.1 Å². The summed E-state index contributed by atoms with van der Waals surface area (Å²) in [5.74, 6) is 1.32. The Morgan fingerprint density at radius 2 is 1.87 bits per heavy atom. The van der Waals surface area contributed by atoms with Gasteiger partial charge in [0.05, 0.1) is 4.90 Å². The molecule has 5 nitrogen and oxygen atoms in total. The zero-order valence-corrected chi connectivity index (χ0v) is 13.6. The number of fused-ring (bicyclic) bond motifs is 1. The lowest BCUT2D eigenvalue weighted by atomic mass is 10.2. The molecule has 1 heterocycles. The first-order valence-electron chi connectivity index (χ1n) is 7.44. The molecule has 0 saturated carbocycles. The number of hydrogen-bond acceptors (Lipinski definition) is 3. The average molecular weight is 330 g/mol. The van der Waals surface area contributed by atoms with Crippen molar-refractivity contribution in [2.45, 2.75) is 18.2 Å². The summed E-state index contributed by atoms with van der Waals surface area (Å²) < 4.78 is 32.5. The van der Waals surface area contributed by atoms with Crippen LogP contribution in [0.4, 0.5) is 0 Å². The number of hydrogen-bond donors (Lipinski definition) is 2. The van der Waals surface area contributed by atoms with Gasteiger partial charge in [-0.2, -0.15) is 0 Å². The Morgan fingerprint density at radius 3 is 2.61 bits per heavy atom. The number of sulfonamides is 1. The van der Waals surface area contributed by atoms with E-state index in [1.807, 2.05) is 37.4 Å². The molecule has 23 heavy (non-hydrogen) atoms. The molecule has 0 bridgehead atoms. The third-order valence-corrected chi connectivity index (χ3v) is 4.94. The van der Waals surface area contributed by atoms with Gasteiger partial charge >= 0.3 is 0 Å². The molecule has 0 atom stereocenters. The van der Waals surface area contributed by atoms with E-state index in [-0.39, 0.29) is 4.90 Å². The molecule has 0 aliphatic rings. The van der Waals surface area contributed by atoms with E-state index >= 15 is 0 Å². The van der Waals surface area contributed by atoms with Crippen molar-refractivity contribution in [3.05, 3.63) is 54.7 Å². The molecular weight excluding hydrogens is 312 g/mol. The molecule has 2 N–H and O–H groups in total. The summed E-state index contributed by atoms with van der Waals surface area (Å²) in [6.07, 6.45) is 2.60. The Balaban J connectivity index is 1.82. The average Bonchev–Trinajstić information content (AvgIpc) is 3.03. The molecule has 3 aromatic rings. The Labute approximate surface area is 135 Å². The van der Waals surface area contributed by atoms with Crippen molar-refractivity contribution in [2.75, 3.05) is 6.54 Å². The van der Waals surface area contributed by atoms with Gasteiger partial charge in [-0.05, 0) is 48.9 Å². The fourth-order valence-electron chi connectivity index (χ4n) is 2.28. The van der Waals surface area contributed by atoms with Crippen molar-refractivity contribution in [2.24, 2.45) is 0 Å². The van der Waals surface area contributed by atoms with Gasteiger partial charge in [0.25, 0.3) is 0 Å². The zero-order chi connectivity index (χ0) is 16.3. The number of aromatic nitrogens is 1. The predicted octanol–water partition coefficient (Wildman–Crippen LogP) is 3.65. The van der Waals surface area contributed by atoms with E-state index < -0.39 is 10.0 Å². The van der Waals surface area contributed by atoms with Gasteiger partial charge in [0.2, 0.25) is 10.0 Å². The fraction of sp³-hybridized carbons (Fsp3) is 0.176. The molecular formula is C17H18N2O3S. The van der Waals surface area contributed by atoms with Crippen LogP contribution in [0.3, 0.4) is 0 Å². The minimum absolute atomic E-state index is 0.234. The predicted molar refractivity (Wildman–Crippen MR) is 90.3 cm³/mol. The molecule has 0 aliphatic carbocycles. The van der Waals surface area contributed by atoms with Gasteiger partial charge in [-0.15, -0.1) is 0 Å². The second-order valence-corrected chi connectivity index (χ2v) is 6.93. The molecule has 0 spiro atoms. The lowest BCUT2D eigenvalue weighted by molar-refractivity contribution is 0.488. The number of benzene rings is 2. The van der Waals surface area contributed by atoms with Crippen LogP contribution < -0.4 is 9.46 Å². The van der Waals surface area contributed by atoms with Crippen LogP contribution in [0.2, 0.25) is 0 Å². The summed E-state index contributed by atoms with van der Waals surface area (Å²) in [7, 11) is -3.45. The van der Waals surface area contributed by atoms with Crippen LogP contribution >= 0.6 is 0 Å². The molecule has 120 valence electrons. The number of nitrogens with one attached hydrogen (secondary N) is 2. The largest absolute Gasteiger partial charge is 0.457 e. The Morgan fingerprint density at radius 1 is 1.09 bits per heavy atom. The quantitative estimate of drug-likeness (QED) is 0.725. The Bertz CT molecular complexity index is 899. The van der Waals surface area contributed by atoms with Crippen LogP contribution in [0.15, 0.2) is 59.6 Å². The first kappa shape index (κ1) is 15.6. The topological polar surface area (TPSA) is 71.2 Å². The van der Waals surface area contributed by atoms with Gasteiger partial charge in [0.15, 0.2) is 0 Å². The van der Waals surface area contributed by atoms with Crippen LogP contribution in [0.5, 0.6) is 11.5 Å². The molecule has 1 aromatic heterocycles. The van der Waals surface area contributed by atoms with Gasteiger partial charge in [0, 0.05) is 23.6 Å². The fourth-order valence-corrected chi connectivity index (χ4v) is 3.41. The zero-order valence-electron chi connectivity index (χ0n) is 12.7. The normalized spacial score (nSPS) is 11.7. The third-order valence-electron chi connectivity index (χ3n) is 3.46. The highest BCUT2D eigenvalue weighted by Crippen LogP contribution is 2.29. The Kier molecular flexibility index (Phi) is 4.36. The standard InChI is InChI=1S/C17H18N2O3S/c1-2-11-19-23(20,21)14-8-6-13(7-9-14)22-17-5-3-4-16-15(17)10-12-18-16/h3-10,12,18-19H,2,11H2,1H3. The van der Waals surface area contributed by atoms with Crippen LogP contribution in [-0.2, 0) is 10.0 Å². The van der Waals surface area contributed by atoms with Gasteiger partial charge in [-0.25, -0.2) is 13.1 Å². The van der Waals surface area contributed by atoms with E-state index in [2.05, 4.69) is 9.71 Å². The summed E-state index contributed by atoms with van der Waals surface area (Å²) in [5, 5.41) is 0.980. The van der Waals surface area contributed by atoms with Crippen molar-refractivity contribution in [3.63, 3.8) is 0 Å². The number of aromatic amines is 1. The molecule has 0 saturated heterocycles. The number of rotatable bonds is 6. The van der Waals surface area contributed by atoms with E-state index in [1.54, 1.807) is 24.3 Å². The van der Waals surface area contributed by atoms with Gasteiger partial charge in [-0.1, -0.05) is 13.0 Å². The van der Waals surface area contributed by atoms with Crippen LogP contribution in [0.25, 0.3) is 10.9 Å². The van der Waals surface area contributed by atoms with Crippen LogP contribution in [-0.4, -0.2) is 19.9 Å². The number of H-pyrrole nitrogens is 1. The first-order chi connectivity index (χ1) is 11.1. The summed E-state index contributed by atoms with van der Waals surface area (Å²) in [5.41, 5.74) is 0.991. The Hall–Kier alpha value is -2.31. The van der Waals surface area contributed by atoms with Crippen molar-refractivity contribution in [3.8, 4) is 11.5 Å². The smallest absolute Gasteiger partial charge is 0.240 e. The maximum Gasteiger partial charge on any atom is 0.240 e. The molecule has 0 aliphatic heterocycles. The highest BCUT2D eigenvalue weighted by atomic mass is 32.2. The molecule has 0 amide bonds. The maximum atomic E-state index is 12.0. The van der Waals surface area contributed by atoms with Gasteiger partial charge in [-0.3, -0.25) is 0 Å². The summed E-state index contributed by atoms with van der Waals surface area (Å²) >= 11 is 0. The van der Waals surface area contributed by atoms with Crippen LogP contribution in [0.1, 0.15) is 13.3 Å². The molecule has 6 heteroatoms. The lowest BCUT2D eigenvalue weighted by Crippen LogP contribution is -2.24. The highest BCUT2D eigenvalue weighted by Gasteiger charge is 2.13. The minimum Gasteiger partial charge on any atom is -0.457 e. The molecule has 3 rings (SSSR count). The molecule has 0 unspecified atom stereocenters. The van der Waals surface area contributed by atoms with Crippen molar-refractivity contribution >= 4 is 20.9 Å². The summed E-state index contributed by atoms with van der Waals surface area (Å²) in [4.78, 5) is 3.36. The third kappa shape index (κ3) is 3.38. The van der Waals surface area contributed by atoms with Crippen LogP contribution in [0, 0.1) is 0 Å². The first-order valence-corrected chi connectivity index (χ1v) is 8.92. The monoisotopic (exact) mass is 330 g/mol. The summed E-state index contributed by atoms with van der Waals surface area (Å²) in [6.45, 7) is 2.34. The second kappa shape index (κ2) is 6.44. The van der Waals surface area contributed by atoms with E-state index in [9.17, 15) is 8.42 Å². The molecule has 2 aromatic carbocycles. The molecule has 0 radical (unpaired) electrons. The van der Waals surface area contributed by atoms with Gasteiger partial charge in [0.1, 0.15) is 11.5 Å². The minimum atomic E-state index is -3.45. The lowest BCUT2D eigenvalue weighted by Gasteiger charge is -2.09. The highest BCUT2D eigenvalue weighted by molar-refractivity contribution is 7.89. The number of ether oxygens (including phenoxy) is 1. The van der Waals surface area contributed by atoms with Crippen molar-refractivity contribution in [1.29, 1.82) is 0 Å². The second-order valence-electron chi connectivity index (χ2n) is 5.17. The van der Waals surface area contributed by atoms with E-state index in [0.29, 0.717) is 12.3 Å². The van der Waals surface area contributed by atoms with Gasteiger partial charge < -0.3 is 9.72 Å². The maximum absolute atomic E-state index is 12.0. The van der Waals surface area contributed by atoms with Crippen molar-refractivity contribution in [1.82, 2.24) is 9.71 Å². The molecule has 0 fully saturated rings. The SMILES string of the molecule is CCCNS(=O)(=O)c1ccc(Oc2cccc3[nH]ccc23)cc1. The summed E-state index contributed by atoms with van der Waals surface area (Å²) in [6, 6.07) is 14.1. The van der Waals surface area contributed by atoms with E-state index in [4.69, 9.17) is 4.74 Å².